The molecule has 2 aromatic rings. The zero-order valence-electron chi connectivity index (χ0n) is 10.4. The summed E-state index contributed by atoms with van der Waals surface area (Å²) in [6.45, 7) is 0. The van der Waals surface area contributed by atoms with Gasteiger partial charge in [0.1, 0.15) is 6.04 Å². The average molecular weight is 262 g/mol. The fourth-order valence-corrected chi connectivity index (χ4v) is 2.38. The summed E-state index contributed by atoms with van der Waals surface area (Å²) < 4.78 is 4.91. The Morgan fingerprint density at radius 3 is 2.89 bits per heavy atom. The number of fused-ring (bicyclic) bond motifs is 1. The fourth-order valence-electron chi connectivity index (χ4n) is 2.38. The predicted molar refractivity (Wildman–Crippen MR) is 68.0 cm³/mol. The number of aromatic nitrogens is 1. The van der Waals surface area contributed by atoms with Gasteiger partial charge in [0, 0.05) is 6.04 Å². The van der Waals surface area contributed by atoms with Gasteiger partial charge in [0.05, 0.1) is 5.52 Å². The van der Waals surface area contributed by atoms with Crippen LogP contribution in [0.15, 0.2) is 27.4 Å². The van der Waals surface area contributed by atoms with Gasteiger partial charge >= 0.3 is 11.7 Å². The molecule has 1 fully saturated rings. The molecule has 3 rings (SSSR count). The summed E-state index contributed by atoms with van der Waals surface area (Å²) in [7, 11) is 1.82. The molecule has 0 bridgehead atoms. The quantitative estimate of drug-likeness (QED) is 0.868. The van der Waals surface area contributed by atoms with E-state index in [9.17, 15) is 14.7 Å². The summed E-state index contributed by atoms with van der Waals surface area (Å²) >= 11 is 0. The average Bonchev–Trinajstić information content (AvgIpc) is 3.11. The number of H-pyrrole nitrogens is 1. The number of nitrogens with one attached hydrogen (secondary N) is 1. The topological polar surface area (TPSA) is 86.5 Å². The maximum atomic E-state index is 11.5. The molecule has 1 aromatic carbocycles. The van der Waals surface area contributed by atoms with Crippen molar-refractivity contribution >= 4 is 17.1 Å². The molecule has 1 unspecified atom stereocenters. The van der Waals surface area contributed by atoms with E-state index in [4.69, 9.17) is 4.42 Å². The highest BCUT2D eigenvalue weighted by molar-refractivity contribution is 5.79. The lowest BCUT2D eigenvalue weighted by Gasteiger charge is -2.24. The third-order valence-corrected chi connectivity index (χ3v) is 3.52. The van der Waals surface area contributed by atoms with E-state index in [0.29, 0.717) is 22.7 Å². The van der Waals surface area contributed by atoms with Crippen molar-refractivity contribution in [1.82, 2.24) is 9.88 Å². The summed E-state index contributed by atoms with van der Waals surface area (Å²) in [4.78, 5) is 27.0. The predicted octanol–water partition coefficient (Wildman–Crippen LogP) is 1.34. The highest BCUT2D eigenvalue weighted by Gasteiger charge is 2.35. The van der Waals surface area contributed by atoms with Gasteiger partial charge in [-0.1, -0.05) is 6.07 Å². The number of aromatic amines is 1. The second-order valence-corrected chi connectivity index (χ2v) is 4.91. The highest BCUT2D eigenvalue weighted by Crippen LogP contribution is 2.33. The van der Waals surface area contributed by atoms with Crippen LogP contribution >= 0.6 is 0 Å². The molecule has 6 nitrogen and oxygen atoms in total. The van der Waals surface area contributed by atoms with Gasteiger partial charge in [0.25, 0.3) is 0 Å². The van der Waals surface area contributed by atoms with Gasteiger partial charge in [-0.25, -0.2) is 4.79 Å². The van der Waals surface area contributed by atoms with Crippen LogP contribution in [-0.2, 0) is 4.79 Å². The molecule has 2 N–H and O–H groups in total. The number of benzene rings is 1. The second kappa shape index (κ2) is 4.24. The maximum Gasteiger partial charge on any atom is 0.417 e. The normalized spacial score (nSPS) is 16.9. The summed E-state index contributed by atoms with van der Waals surface area (Å²) in [5.74, 6) is -1.42. The van der Waals surface area contributed by atoms with E-state index in [1.807, 2.05) is 11.9 Å². The molecule has 1 aromatic heterocycles. The minimum atomic E-state index is -0.889. The van der Waals surface area contributed by atoms with Crippen LogP contribution in [0.1, 0.15) is 24.4 Å². The minimum Gasteiger partial charge on any atom is -0.480 e. The molecule has 0 amide bonds. The SMILES string of the molecule is CN(C1CC1)C(C(=O)O)c1ccc2oc(=O)[nH]c2c1. The number of hydrogen-bond donors (Lipinski definition) is 2. The molecule has 6 heteroatoms. The zero-order chi connectivity index (χ0) is 13.6. The van der Waals surface area contributed by atoms with Gasteiger partial charge in [-0.3, -0.25) is 14.7 Å². The Kier molecular flexibility index (Phi) is 2.67. The number of nitrogens with zero attached hydrogens (tertiary/aromatic N) is 1. The molecule has 1 aliphatic rings. The number of carboxylic acid groups (broad SMARTS) is 1. The van der Waals surface area contributed by atoms with Crippen molar-refractivity contribution in [3.8, 4) is 0 Å². The number of carbonyl (C=O) groups is 1. The Balaban J connectivity index is 2.03. The maximum absolute atomic E-state index is 11.5. The summed E-state index contributed by atoms with van der Waals surface area (Å²) in [5.41, 5.74) is 1.61. The third-order valence-electron chi connectivity index (χ3n) is 3.52. The standard InChI is InChI=1S/C13H14N2O4/c1-15(8-3-4-8)11(12(16)17)7-2-5-10-9(6-7)14-13(18)19-10/h2,5-6,8,11H,3-4H2,1H3,(H,14,18)(H,16,17). The van der Waals surface area contributed by atoms with Gasteiger partial charge < -0.3 is 9.52 Å². The summed E-state index contributed by atoms with van der Waals surface area (Å²) in [6, 6.07) is 4.61. The first kappa shape index (κ1) is 12.0. The monoisotopic (exact) mass is 262 g/mol. The highest BCUT2D eigenvalue weighted by atomic mass is 16.4. The van der Waals surface area contributed by atoms with Crippen LogP contribution in [0.3, 0.4) is 0 Å². The first-order chi connectivity index (χ1) is 9.06. The fraction of sp³-hybridized carbons (Fsp3) is 0.385. The van der Waals surface area contributed by atoms with E-state index in [2.05, 4.69) is 4.98 Å². The van der Waals surface area contributed by atoms with Crippen LogP contribution in [0.2, 0.25) is 0 Å². The van der Waals surface area contributed by atoms with Crippen molar-refractivity contribution in [2.45, 2.75) is 24.9 Å². The van der Waals surface area contributed by atoms with Gasteiger partial charge in [-0.05, 0) is 37.6 Å². The molecular weight excluding hydrogens is 248 g/mol. The summed E-state index contributed by atoms with van der Waals surface area (Å²) in [5, 5.41) is 9.41. The van der Waals surface area contributed by atoms with Gasteiger partial charge in [-0.15, -0.1) is 0 Å². The van der Waals surface area contributed by atoms with Crippen molar-refractivity contribution in [3.63, 3.8) is 0 Å². The van der Waals surface area contributed by atoms with Crippen molar-refractivity contribution in [2.24, 2.45) is 0 Å². The molecule has 0 aliphatic heterocycles. The first-order valence-corrected chi connectivity index (χ1v) is 6.14. The van der Waals surface area contributed by atoms with E-state index in [0.717, 1.165) is 12.8 Å². The van der Waals surface area contributed by atoms with Crippen molar-refractivity contribution in [3.05, 3.63) is 34.3 Å². The largest absolute Gasteiger partial charge is 0.480 e. The van der Waals surface area contributed by atoms with Gasteiger partial charge in [0.2, 0.25) is 0 Å². The Hall–Kier alpha value is -2.08. The number of carboxylic acids is 1. The van der Waals surface area contributed by atoms with Crippen molar-refractivity contribution < 1.29 is 14.3 Å². The van der Waals surface area contributed by atoms with Crippen molar-refractivity contribution in [1.29, 1.82) is 0 Å². The van der Waals surface area contributed by atoms with Crippen LogP contribution < -0.4 is 5.76 Å². The van der Waals surface area contributed by atoms with Gasteiger partial charge in [0.15, 0.2) is 5.58 Å². The van der Waals surface area contributed by atoms with E-state index in [1.54, 1.807) is 18.2 Å². The van der Waals surface area contributed by atoms with Crippen LogP contribution in [-0.4, -0.2) is 34.0 Å². The molecule has 0 saturated heterocycles. The number of oxazole rings is 1. The van der Waals surface area contributed by atoms with E-state index >= 15 is 0 Å². The number of hydrogen-bond acceptors (Lipinski definition) is 4. The lowest BCUT2D eigenvalue weighted by atomic mass is 10.1. The molecular formula is C13H14N2O4. The number of rotatable bonds is 4. The molecule has 0 radical (unpaired) electrons. The molecule has 1 heterocycles. The van der Waals surface area contributed by atoms with Crippen LogP contribution in [0.5, 0.6) is 0 Å². The van der Waals surface area contributed by atoms with E-state index < -0.39 is 17.8 Å². The molecule has 1 atom stereocenters. The molecule has 1 saturated carbocycles. The van der Waals surface area contributed by atoms with E-state index in [-0.39, 0.29) is 0 Å². The smallest absolute Gasteiger partial charge is 0.417 e. The van der Waals surface area contributed by atoms with E-state index in [1.165, 1.54) is 0 Å². The molecule has 1 aliphatic carbocycles. The third kappa shape index (κ3) is 2.15. The summed E-state index contributed by atoms with van der Waals surface area (Å²) in [6.07, 6.45) is 2.07. The number of aliphatic carboxylic acids is 1. The van der Waals surface area contributed by atoms with Crippen molar-refractivity contribution in [2.75, 3.05) is 7.05 Å². The Morgan fingerprint density at radius 1 is 1.53 bits per heavy atom. The first-order valence-electron chi connectivity index (χ1n) is 6.14. The Morgan fingerprint density at radius 2 is 2.26 bits per heavy atom. The molecule has 0 spiro atoms. The number of likely N-dealkylation sites (N-methyl/N-ethyl adjacent to an activating group) is 1. The zero-order valence-corrected chi connectivity index (χ0v) is 10.4. The Bertz CT molecular complexity index is 683. The van der Waals surface area contributed by atoms with Crippen LogP contribution in [0, 0.1) is 0 Å². The van der Waals surface area contributed by atoms with Gasteiger partial charge in [-0.2, -0.15) is 0 Å². The molecule has 19 heavy (non-hydrogen) atoms. The van der Waals surface area contributed by atoms with Crippen LogP contribution in [0.4, 0.5) is 0 Å². The molecule has 100 valence electrons. The Labute approximate surface area is 108 Å². The lowest BCUT2D eigenvalue weighted by Crippen LogP contribution is -2.32. The minimum absolute atomic E-state index is 0.334. The van der Waals surface area contributed by atoms with Crippen LogP contribution in [0.25, 0.3) is 11.1 Å². The lowest BCUT2D eigenvalue weighted by molar-refractivity contribution is -0.143. The second-order valence-electron chi connectivity index (χ2n) is 4.91.